The number of pyridine rings is 1. The summed E-state index contributed by atoms with van der Waals surface area (Å²) in [6, 6.07) is 10.3. The Morgan fingerprint density at radius 3 is 2.72 bits per heavy atom. The lowest BCUT2D eigenvalue weighted by atomic mass is 10.1. The summed E-state index contributed by atoms with van der Waals surface area (Å²) in [4.78, 5) is 11.3. The van der Waals surface area contributed by atoms with E-state index in [1.807, 2.05) is 25.4 Å². The fourth-order valence-corrected chi connectivity index (χ4v) is 3.22. The zero-order chi connectivity index (χ0) is 16.6. The number of guanidine groups is 1. The monoisotopic (exact) mass is 453 g/mol. The largest absolute Gasteiger partial charge is 0.355 e. The number of hydrogen-bond donors (Lipinski definition) is 2. The summed E-state index contributed by atoms with van der Waals surface area (Å²) < 4.78 is 0. The van der Waals surface area contributed by atoms with Crippen LogP contribution >= 0.6 is 24.0 Å². The Balaban J connectivity index is 0.00000225. The van der Waals surface area contributed by atoms with Crippen molar-refractivity contribution in [3.05, 3.63) is 42.1 Å². The third kappa shape index (κ3) is 5.81. The van der Waals surface area contributed by atoms with Crippen LogP contribution < -0.4 is 10.6 Å². The summed E-state index contributed by atoms with van der Waals surface area (Å²) >= 11 is 0. The molecule has 0 atom stereocenters. The van der Waals surface area contributed by atoms with Gasteiger partial charge in [0.05, 0.1) is 5.52 Å². The molecule has 1 aliphatic rings. The van der Waals surface area contributed by atoms with E-state index >= 15 is 0 Å². The van der Waals surface area contributed by atoms with Gasteiger partial charge >= 0.3 is 0 Å². The summed E-state index contributed by atoms with van der Waals surface area (Å²) in [7, 11) is 1.82. The number of aromatic nitrogens is 1. The minimum Gasteiger partial charge on any atom is -0.355 e. The van der Waals surface area contributed by atoms with Gasteiger partial charge in [0, 0.05) is 38.3 Å². The Morgan fingerprint density at radius 2 is 1.92 bits per heavy atom. The van der Waals surface area contributed by atoms with Crippen LogP contribution in [-0.2, 0) is 6.54 Å². The van der Waals surface area contributed by atoms with Crippen molar-refractivity contribution in [3.8, 4) is 0 Å². The molecule has 1 aromatic heterocycles. The SMILES string of the molecule is CN=C(NCCN1CCCCC1)NCc1ccnc2ccccc12.I. The fourth-order valence-electron chi connectivity index (χ4n) is 3.22. The number of hydrogen-bond acceptors (Lipinski definition) is 3. The topological polar surface area (TPSA) is 52.6 Å². The van der Waals surface area contributed by atoms with Gasteiger partial charge in [-0.3, -0.25) is 9.98 Å². The number of fused-ring (bicyclic) bond motifs is 1. The van der Waals surface area contributed by atoms with Crippen LogP contribution in [0.3, 0.4) is 0 Å². The number of piperidine rings is 1. The van der Waals surface area contributed by atoms with E-state index in [1.165, 1.54) is 43.3 Å². The van der Waals surface area contributed by atoms with E-state index in [2.05, 4.69) is 43.7 Å². The van der Waals surface area contributed by atoms with Gasteiger partial charge in [-0.1, -0.05) is 24.6 Å². The molecule has 2 N–H and O–H groups in total. The van der Waals surface area contributed by atoms with Gasteiger partial charge in [0.1, 0.15) is 0 Å². The molecule has 1 fully saturated rings. The second kappa shape index (κ2) is 10.6. The van der Waals surface area contributed by atoms with Crippen molar-refractivity contribution in [2.24, 2.45) is 4.99 Å². The number of aliphatic imine (C=N–C) groups is 1. The molecule has 2 aromatic rings. The van der Waals surface area contributed by atoms with E-state index < -0.39 is 0 Å². The molecule has 136 valence electrons. The summed E-state index contributed by atoms with van der Waals surface area (Å²) in [5.41, 5.74) is 2.27. The Labute approximate surface area is 167 Å². The van der Waals surface area contributed by atoms with Crippen molar-refractivity contribution in [2.75, 3.05) is 33.2 Å². The van der Waals surface area contributed by atoms with E-state index in [1.54, 1.807) is 0 Å². The third-order valence-corrected chi connectivity index (χ3v) is 4.58. The van der Waals surface area contributed by atoms with Gasteiger partial charge in [-0.15, -0.1) is 24.0 Å². The maximum Gasteiger partial charge on any atom is 0.191 e. The highest BCUT2D eigenvalue weighted by molar-refractivity contribution is 14.0. The molecule has 25 heavy (non-hydrogen) atoms. The fraction of sp³-hybridized carbons (Fsp3) is 0.474. The van der Waals surface area contributed by atoms with Crippen LogP contribution in [0.2, 0.25) is 0 Å². The molecule has 0 saturated carbocycles. The summed E-state index contributed by atoms with van der Waals surface area (Å²) in [6.45, 7) is 5.22. The lowest BCUT2D eigenvalue weighted by Crippen LogP contribution is -2.42. The van der Waals surface area contributed by atoms with E-state index in [0.717, 1.165) is 31.1 Å². The van der Waals surface area contributed by atoms with Crippen LogP contribution in [0, 0.1) is 0 Å². The maximum absolute atomic E-state index is 4.41. The van der Waals surface area contributed by atoms with Gasteiger partial charge in [-0.25, -0.2) is 0 Å². The first-order chi connectivity index (χ1) is 11.9. The summed E-state index contributed by atoms with van der Waals surface area (Å²) in [5, 5.41) is 8.02. The molecule has 5 nitrogen and oxygen atoms in total. The second-order valence-corrected chi connectivity index (χ2v) is 6.24. The van der Waals surface area contributed by atoms with Crippen molar-refractivity contribution in [1.82, 2.24) is 20.5 Å². The molecule has 0 bridgehead atoms. The van der Waals surface area contributed by atoms with Gasteiger partial charge in [-0.2, -0.15) is 0 Å². The van der Waals surface area contributed by atoms with Crippen LogP contribution in [0.5, 0.6) is 0 Å². The van der Waals surface area contributed by atoms with Gasteiger partial charge in [0.2, 0.25) is 0 Å². The number of benzene rings is 1. The minimum absolute atomic E-state index is 0. The molecule has 1 aromatic carbocycles. The van der Waals surface area contributed by atoms with E-state index in [-0.39, 0.29) is 24.0 Å². The Hall–Kier alpha value is -1.41. The molecule has 0 aliphatic carbocycles. The van der Waals surface area contributed by atoms with E-state index in [0.29, 0.717) is 0 Å². The standard InChI is InChI=1S/C19H27N5.HI/c1-20-19(22-11-14-24-12-5-2-6-13-24)23-15-16-9-10-21-18-8-4-3-7-17(16)18;/h3-4,7-10H,2,5-6,11-15H2,1H3,(H2,20,22,23);1H. The van der Waals surface area contributed by atoms with Gasteiger partial charge < -0.3 is 15.5 Å². The zero-order valence-corrected chi connectivity index (χ0v) is 17.2. The van der Waals surface area contributed by atoms with Gasteiger partial charge in [0.15, 0.2) is 5.96 Å². The van der Waals surface area contributed by atoms with Crippen LogP contribution in [0.1, 0.15) is 24.8 Å². The van der Waals surface area contributed by atoms with Crippen LogP contribution in [0.4, 0.5) is 0 Å². The smallest absolute Gasteiger partial charge is 0.191 e. The number of nitrogens with zero attached hydrogens (tertiary/aromatic N) is 3. The highest BCUT2D eigenvalue weighted by Crippen LogP contribution is 2.15. The molecular weight excluding hydrogens is 425 g/mol. The Bertz CT molecular complexity index is 677. The van der Waals surface area contributed by atoms with Crippen LogP contribution in [0.15, 0.2) is 41.5 Å². The molecule has 0 amide bonds. The summed E-state index contributed by atoms with van der Waals surface area (Å²) in [5.74, 6) is 0.855. The van der Waals surface area contributed by atoms with Crippen molar-refractivity contribution >= 4 is 40.8 Å². The molecule has 0 unspecified atom stereocenters. The number of likely N-dealkylation sites (tertiary alicyclic amines) is 1. The van der Waals surface area contributed by atoms with Crippen molar-refractivity contribution < 1.29 is 0 Å². The van der Waals surface area contributed by atoms with Crippen molar-refractivity contribution in [1.29, 1.82) is 0 Å². The van der Waals surface area contributed by atoms with E-state index in [9.17, 15) is 0 Å². The molecule has 1 saturated heterocycles. The predicted molar refractivity (Wildman–Crippen MR) is 116 cm³/mol. The molecule has 1 aliphatic heterocycles. The van der Waals surface area contributed by atoms with Crippen LogP contribution in [0.25, 0.3) is 10.9 Å². The number of para-hydroxylation sites is 1. The molecule has 2 heterocycles. The molecule has 0 radical (unpaired) electrons. The number of halogens is 1. The first kappa shape index (κ1) is 19.9. The average Bonchev–Trinajstić information content (AvgIpc) is 2.65. The Morgan fingerprint density at radius 1 is 1.12 bits per heavy atom. The maximum atomic E-state index is 4.41. The number of rotatable bonds is 5. The highest BCUT2D eigenvalue weighted by Gasteiger charge is 2.09. The molecule has 0 spiro atoms. The number of nitrogens with one attached hydrogen (secondary N) is 2. The first-order valence-corrected chi connectivity index (χ1v) is 8.86. The molecular formula is C19H28IN5. The normalized spacial score (nSPS) is 15.6. The first-order valence-electron chi connectivity index (χ1n) is 8.86. The zero-order valence-electron chi connectivity index (χ0n) is 14.9. The quantitative estimate of drug-likeness (QED) is 0.415. The molecule has 3 rings (SSSR count). The minimum atomic E-state index is 0. The molecule has 6 heteroatoms. The van der Waals surface area contributed by atoms with Crippen LogP contribution in [-0.4, -0.2) is 49.1 Å². The lowest BCUT2D eigenvalue weighted by molar-refractivity contribution is 0.232. The highest BCUT2D eigenvalue weighted by atomic mass is 127. The van der Waals surface area contributed by atoms with Crippen molar-refractivity contribution in [3.63, 3.8) is 0 Å². The predicted octanol–water partition coefficient (Wildman–Crippen LogP) is 3.00. The van der Waals surface area contributed by atoms with Gasteiger partial charge in [0.25, 0.3) is 0 Å². The summed E-state index contributed by atoms with van der Waals surface area (Å²) in [6.07, 6.45) is 5.92. The lowest BCUT2D eigenvalue weighted by Gasteiger charge is -2.26. The van der Waals surface area contributed by atoms with Crippen molar-refractivity contribution in [2.45, 2.75) is 25.8 Å². The average molecular weight is 453 g/mol. The van der Waals surface area contributed by atoms with E-state index in [4.69, 9.17) is 0 Å². The Kier molecular flexibility index (Phi) is 8.40. The van der Waals surface area contributed by atoms with Gasteiger partial charge in [-0.05, 0) is 43.6 Å². The second-order valence-electron chi connectivity index (χ2n) is 6.24. The third-order valence-electron chi connectivity index (χ3n) is 4.58.